The van der Waals surface area contributed by atoms with Crippen LogP contribution >= 0.6 is 23.2 Å². The molecule has 0 saturated heterocycles. The summed E-state index contributed by atoms with van der Waals surface area (Å²) in [6.07, 6.45) is 1.11. The van der Waals surface area contributed by atoms with Gasteiger partial charge in [0.25, 0.3) is 5.56 Å². The van der Waals surface area contributed by atoms with E-state index in [0.29, 0.717) is 10.7 Å². The maximum absolute atomic E-state index is 11.8. The number of nitrogens with zero attached hydrogens (tertiary/aromatic N) is 1. The number of amides is 1. The average Bonchev–Trinajstić information content (AvgIpc) is 2.39. The molecule has 2 aromatic rings. The Kier molecular flexibility index (Phi) is 4.26. The van der Waals surface area contributed by atoms with Crippen molar-refractivity contribution in [1.82, 2.24) is 9.55 Å². The lowest BCUT2D eigenvalue weighted by Crippen LogP contribution is -2.33. The monoisotopic (exact) mass is 313 g/mol. The standard InChI is InChI=1S/C12H9Cl2N3O3/c13-7-3-1-2-4-9(7)15-10(18)6-17-5-8(14)11(19)16-12(17)20/h1-5H,6H2,(H,15,18)(H,16,19,20). The fourth-order valence-electron chi connectivity index (χ4n) is 1.51. The van der Waals surface area contributed by atoms with E-state index >= 15 is 0 Å². The molecule has 104 valence electrons. The molecule has 0 aliphatic rings. The van der Waals surface area contributed by atoms with E-state index in [-0.39, 0.29) is 11.6 Å². The van der Waals surface area contributed by atoms with Gasteiger partial charge < -0.3 is 5.32 Å². The van der Waals surface area contributed by atoms with E-state index in [9.17, 15) is 14.4 Å². The third-order valence-electron chi connectivity index (χ3n) is 2.43. The molecule has 8 heteroatoms. The lowest BCUT2D eigenvalue weighted by atomic mass is 10.3. The fraction of sp³-hybridized carbons (Fsp3) is 0.0833. The molecule has 20 heavy (non-hydrogen) atoms. The van der Waals surface area contributed by atoms with Gasteiger partial charge in [0.05, 0.1) is 10.7 Å². The van der Waals surface area contributed by atoms with Gasteiger partial charge in [0.1, 0.15) is 11.6 Å². The first-order chi connectivity index (χ1) is 9.47. The van der Waals surface area contributed by atoms with Crippen molar-refractivity contribution in [1.29, 1.82) is 0 Å². The summed E-state index contributed by atoms with van der Waals surface area (Å²) in [5.41, 5.74) is -0.976. The number of H-pyrrole nitrogens is 1. The summed E-state index contributed by atoms with van der Waals surface area (Å²) in [6.45, 7) is -0.291. The smallest absolute Gasteiger partial charge is 0.323 e. The number of halogens is 2. The fourth-order valence-corrected chi connectivity index (χ4v) is 1.86. The maximum atomic E-state index is 11.8. The number of para-hydroxylation sites is 1. The number of carbonyl (C=O) groups is 1. The highest BCUT2D eigenvalue weighted by Gasteiger charge is 2.09. The van der Waals surface area contributed by atoms with E-state index in [1.807, 2.05) is 4.98 Å². The normalized spacial score (nSPS) is 10.3. The number of hydrogen-bond acceptors (Lipinski definition) is 3. The van der Waals surface area contributed by atoms with Crippen molar-refractivity contribution in [2.75, 3.05) is 5.32 Å². The summed E-state index contributed by atoms with van der Waals surface area (Å²) in [5.74, 6) is -0.469. The number of nitrogens with one attached hydrogen (secondary N) is 2. The van der Waals surface area contributed by atoms with Crippen LogP contribution in [-0.2, 0) is 11.3 Å². The number of hydrogen-bond donors (Lipinski definition) is 2. The third-order valence-corrected chi connectivity index (χ3v) is 3.03. The molecule has 1 aromatic carbocycles. The first-order valence-electron chi connectivity index (χ1n) is 5.51. The number of rotatable bonds is 3. The Morgan fingerprint density at radius 3 is 2.60 bits per heavy atom. The topological polar surface area (TPSA) is 84.0 Å². The van der Waals surface area contributed by atoms with Gasteiger partial charge in [-0.25, -0.2) is 4.79 Å². The molecule has 6 nitrogen and oxygen atoms in total. The minimum absolute atomic E-state index is 0.171. The van der Waals surface area contributed by atoms with Crippen molar-refractivity contribution in [3.8, 4) is 0 Å². The predicted octanol–water partition coefficient (Wildman–Crippen LogP) is 1.48. The summed E-state index contributed by atoms with van der Waals surface area (Å²) in [6, 6.07) is 6.69. The summed E-state index contributed by atoms with van der Waals surface area (Å²) >= 11 is 11.5. The Morgan fingerprint density at radius 2 is 1.90 bits per heavy atom. The Labute approximate surface area is 123 Å². The first kappa shape index (κ1) is 14.4. The van der Waals surface area contributed by atoms with Crippen molar-refractivity contribution < 1.29 is 4.79 Å². The second-order valence-corrected chi connectivity index (χ2v) is 4.71. The Hall–Kier alpha value is -2.05. The lowest BCUT2D eigenvalue weighted by molar-refractivity contribution is -0.116. The summed E-state index contributed by atoms with van der Waals surface area (Å²) in [5, 5.41) is 2.77. The van der Waals surface area contributed by atoms with Gasteiger partial charge in [-0.15, -0.1) is 0 Å². The van der Waals surface area contributed by atoms with E-state index in [2.05, 4.69) is 5.32 Å². The first-order valence-corrected chi connectivity index (χ1v) is 6.26. The van der Waals surface area contributed by atoms with E-state index in [0.717, 1.165) is 10.8 Å². The molecular formula is C12H9Cl2N3O3. The molecular weight excluding hydrogens is 305 g/mol. The second kappa shape index (κ2) is 5.94. The van der Waals surface area contributed by atoms with Crippen molar-refractivity contribution in [3.05, 3.63) is 61.3 Å². The van der Waals surface area contributed by atoms with Crippen molar-refractivity contribution in [3.63, 3.8) is 0 Å². The van der Waals surface area contributed by atoms with Crippen LogP contribution in [0.15, 0.2) is 40.1 Å². The van der Waals surface area contributed by atoms with Gasteiger partial charge in [-0.1, -0.05) is 35.3 Å². The molecule has 1 amide bonds. The summed E-state index contributed by atoms with van der Waals surface area (Å²) in [7, 11) is 0. The van der Waals surface area contributed by atoms with E-state index in [4.69, 9.17) is 23.2 Å². The van der Waals surface area contributed by atoms with Crippen LogP contribution in [0.2, 0.25) is 10.0 Å². The molecule has 2 rings (SSSR count). The molecule has 0 spiro atoms. The molecule has 0 fully saturated rings. The molecule has 2 N–H and O–H groups in total. The van der Waals surface area contributed by atoms with Crippen LogP contribution in [0.4, 0.5) is 5.69 Å². The second-order valence-electron chi connectivity index (χ2n) is 3.89. The van der Waals surface area contributed by atoms with Crippen LogP contribution in [0.3, 0.4) is 0 Å². The van der Waals surface area contributed by atoms with Crippen molar-refractivity contribution in [2.24, 2.45) is 0 Å². The molecule has 0 radical (unpaired) electrons. The van der Waals surface area contributed by atoms with Gasteiger partial charge in [-0.2, -0.15) is 0 Å². The number of aromatic nitrogens is 2. The lowest BCUT2D eigenvalue weighted by Gasteiger charge is -2.08. The molecule has 0 bridgehead atoms. The highest BCUT2D eigenvalue weighted by molar-refractivity contribution is 6.33. The molecule has 0 unspecified atom stereocenters. The number of aromatic amines is 1. The Bertz CT molecular complexity index is 767. The van der Waals surface area contributed by atoms with Crippen molar-refractivity contribution in [2.45, 2.75) is 6.54 Å². The maximum Gasteiger partial charge on any atom is 0.328 e. The minimum Gasteiger partial charge on any atom is -0.323 e. The molecule has 0 saturated carbocycles. The van der Waals surface area contributed by atoms with Gasteiger partial charge in [-0.3, -0.25) is 19.1 Å². The number of carbonyl (C=O) groups excluding carboxylic acids is 1. The number of benzene rings is 1. The molecule has 1 aromatic heterocycles. The van der Waals surface area contributed by atoms with Crippen molar-refractivity contribution >= 4 is 34.8 Å². The largest absolute Gasteiger partial charge is 0.328 e. The zero-order valence-corrected chi connectivity index (χ0v) is 11.5. The summed E-state index contributed by atoms with van der Waals surface area (Å²) < 4.78 is 0.996. The van der Waals surface area contributed by atoms with Gasteiger partial charge >= 0.3 is 5.69 Å². The third kappa shape index (κ3) is 3.28. The van der Waals surface area contributed by atoms with E-state index in [1.165, 1.54) is 0 Å². The SMILES string of the molecule is O=C(Cn1cc(Cl)c(=O)[nH]c1=O)Nc1ccccc1Cl. The van der Waals surface area contributed by atoms with Crippen LogP contribution < -0.4 is 16.6 Å². The van der Waals surface area contributed by atoms with Gasteiger partial charge in [0, 0.05) is 6.20 Å². The highest BCUT2D eigenvalue weighted by atomic mass is 35.5. The quantitative estimate of drug-likeness (QED) is 0.900. The average molecular weight is 314 g/mol. The highest BCUT2D eigenvalue weighted by Crippen LogP contribution is 2.20. The molecule has 1 heterocycles. The van der Waals surface area contributed by atoms with E-state index < -0.39 is 17.2 Å². The van der Waals surface area contributed by atoms with Crippen LogP contribution in [0.25, 0.3) is 0 Å². The van der Waals surface area contributed by atoms with Gasteiger partial charge in [0.15, 0.2) is 0 Å². The summed E-state index contributed by atoms with van der Waals surface area (Å²) in [4.78, 5) is 36.4. The minimum atomic E-state index is -0.714. The zero-order chi connectivity index (χ0) is 14.7. The molecule has 0 aliphatic carbocycles. The Balaban J connectivity index is 2.17. The van der Waals surface area contributed by atoms with E-state index in [1.54, 1.807) is 24.3 Å². The van der Waals surface area contributed by atoms with Crippen LogP contribution in [0, 0.1) is 0 Å². The predicted molar refractivity (Wildman–Crippen MR) is 76.4 cm³/mol. The number of anilines is 1. The molecule has 0 aliphatic heterocycles. The zero-order valence-electron chi connectivity index (χ0n) is 10.0. The molecule has 0 atom stereocenters. The van der Waals surface area contributed by atoms with Gasteiger partial charge in [-0.05, 0) is 12.1 Å². The Morgan fingerprint density at radius 1 is 1.20 bits per heavy atom. The van der Waals surface area contributed by atoms with Gasteiger partial charge in [0.2, 0.25) is 5.91 Å². The van der Waals surface area contributed by atoms with Crippen LogP contribution in [-0.4, -0.2) is 15.5 Å². The van der Waals surface area contributed by atoms with Crippen LogP contribution in [0.5, 0.6) is 0 Å². The van der Waals surface area contributed by atoms with Crippen LogP contribution in [0.1, 0.15) is 0 Å².